The average molecular weight is 454 g/mol. The minimum Gasteiger partial charge on any atom is -0.473 e. The number of nitrogens with two attached hydrogens (primary N) is 1. The molecule has 11 nitrogen and oxygen atoms in total. The molecule has 0 radical (unpaired) electrons. The number of hydrogen-bond acceptors (Lipinski definition) is 8. The van der Waals surface area contributed by atoms with Crippen LogP contribution >= 0.6 is 0 Å². The molecule has 0 aliphatic carbocycles. The number of carbonyl (C=O) groups excluding carboxylic acids is 1. The number of alkyl halides is 3. The number of nitrogens with one attached hydrogen (secondary N) is 2. The summed E-state index contributed by atoms with van der Waals surface area (Å²) in [6.45, 7) is 1.23. The van der Waals surface area contributed by atoms with E-state index in [0.29, 0.717) is 31.1 Å². The zero-order chi connectivity index (χ0) is 23.4. The summed E-state index contributed by atoms with van der Waals surface area (Å²) in [6, 6.07) is 8.04. The Labute approximate surface area is 180 Å². The van der Waals surface area contributed by atoms with Crippen molar-refractivity contribution in [2.45, 2.75) is 19.3 Å². The number of nitrogens with zero attached hydrogens (tertiary/aromatic N) is 5. The second-order valence-electron chi connectivity index (χ2n) is 6.23. The molecule has 2 aromatic rings. The quantitative estimate of drug-likeness (QED) is 0.192. The van der Waals surface area contributed by atoms with Gasteiger partial charge >= 0.3 is 12.1 Å². The number of azide groups is 1. The van der Waals surface area contributed by atoms with Crippen LogP contribution in [0.15, 0.2) is 35.4 Å². The lowest BCUT2D eigenvalue weighted by Crippen LogP contribution is -2.36. The van der Waals surface area contributed by atoms with Crippen LogP contribution in [0.3, 0.4) is 0 Å². The Morgan fingerprint density at radius 2 is 1.91 bits per heavy atom. The van der Waals surface area contributed by atoms with Gasteiger partial charge in [0.05, 0.1) is 13.2 Å². The zero-order valence-electron chi connectivity index (χ0n) is 16.8. The van der Waals surface area contributed by atoms with Crippen molar-refractivity contribution < 1.29 is 27.4 Å². The molecule has 0 unspecified atom stereocenters. The van der Waals surface area contributed by atoms with Gasteiger partial charge in [0.1, 0.15) is 12.4 Å². The maximum Gasteiger partial charge on any atom is 0.471 e. The lowest BCUT2D eigenvalue weighted by molar-refractivity contribution is -0.173. The highest BCUT2D eigenvalue weighted by Gasteiger charge is 2.38. The predicted molar refractivity (Wildman–Crippen MR) is 108 cm³/mol. The van der Waals surface area contributed by atoms with Gasteiger partial charge in [-0.15, -0.1) is 0 Å². The van der Waals surface area contributed by atoms with Gasteiger partial charge in [-0.25, -0.2) is 0 Å². The zero-order valence-corrected chi connectivity index (χ0v) is 16.8. The van der Waals surface area contributed by atoms with Crippen LogP contribution in [-0.4, -0.2) is 48.4 Å². The summed E-state index contributed by atoms with van der Waals surface area (Å²) in [5.74, 6) is -1.33. The topological polar surface area (TPSA) is 160 Å². The molecule has 4 N–H and O–H groups in total. The van der Waals surface area contributed by atoms with Crippen LogP contribution in [0, 0.1) is 0 Å². The molecule has 2 rings (SSSR count). The molecule has 14 heteroatoms. The molecule has 0 bridgehead atoms. The highest BCUT2D eigenvalue weighted by molar-refractivity contribution is 5.81. The number of benzene rings is 1. The minimum atomic E-state index is -4.92. The molecule has 1 heterocycles. The molecule has 0 saturated carbocycles. The molecule has 0 fully saturated rings. The van der Waals surface area contributed by atoms with E-state index in [-0.39, 0.29) is 31.5 Å². The largest absolute Gasteiger partial charge is 0.473 e. The lowest BCUT2D eigenvalue weighted by atomic mass is 10.1. The van der Waals surface area contributed by atoms with E-state index in [1.807, 2.05) is 0 Å². The van der Waals surface area contributed by atoms with E-state index in [4.69, 9.17) is 20.7 Å². The van der Waals surface area contributed by atoms with Crippen molar-refractivity contribution in [3.8, 4) is 5.88 Å². The predicted octanol–water partition coefficient (Wildman–Crippen LogP) is 2.56. The average Bonchev–Trinajstić information content (AvgIpc) is 2.75. The molecule has 32 heavy (non-hydrogen) atoms. The first kappa shape index (κ1) is 24.5. The van der Waals surface area contributed by atoms with E-state index in [9.17, 15) is 18.0 Å². The number of aromatic nitrogens is 2. The second kappa shape index (κ2) is 12.2. The van der Waals surface area contributed by atoms with Gasteiger partial charge in [-0.1, -0.05) is 29.4 Å². The van der Waals surface area contributed by atoms with Gasteiger partial charge < -0.3 is 25.8 Å². The molecule has 1 amide bonds. The number of anilines is 2. The Hall–Kier alpha value is -3.77. The fourth-order valence-electron chi connectivity index (χ4n) is 2.30. The van der Waals surface area contributed by atoms with Crippen LogP contribution in [0.1, 0.15) is 11.1 Å². The maximum absolute atomic E-state index is 12.2. The summed E-state index contributed by atoms with van der Waals surface area (Å²) in [6.07, 6.45) is -4.92. The van der Waals surface area contributed by atoms with E-state index in [1.165, 1.54) is 0 Å². The Kier molecular flexibility index (Phi) is 9.32. The summed E-state index contributed by atoms with van der Waals surface area (Å²) in [5, 5.41) is 8.15. The standard InChI is InChI=1S/C18H21F3N8O3/c19-18(20,21)16(30)25-10-12-1-3-13(4-2-12)11-32-15-9-14(27-17(22)28-15)24-5-7-31-8-6-26-29-23/h1-4,9H,5-8,10-11H2,(H,25,30)(H3,22,24,27,28). The van der Waals surface area contributed by atoms with Crippen LogP contribution in [0.2, 0.25) is 0 Å². The number of rotatable bonds is 12. The Balaban J connectivity index is 1.80. The summed E-state index contributed by atoms with van der Waals surface area (Å²) >= 11 is 0. The van der Waals surface area contributed by atoms with Gasteiger partial charge in [0.15, 0.2) is 0 Å². The van der Waals surface area contributed by atoms with Crippen molar-refractivity contribution in [1.29, 1.82) is 0 Å². The number of amides is 1. The first-order chi connectivity index (χ1) is 15.3. The highest BCUT2D eigenvalue weighted by Crippen LogP contribution is 2.17. The summed E-state index contributed by atoms with van der Waals surface area (Å²) in [7, 11) is 0. The molecule has 172 valence electrons. The summed E-state index contributed by atoms with van der Waals surface area (Å²) in [5.41, 5.74) is 15.1. The maximum atomic E-state index is 12.2. The van der Waals surface area contributed by atoms with Crippen molar-refractivity contribution in [1.82, 2.24) is 15.3 Å². The third-order valence-electron chi connectivity index (χ3n) is 3.79. The van der Waals surface area contributed by atoms with E-state index in [1.54, 1.807) is 35.6 Å². The molecule has 0 aliphatic heterocycles. The van der Waals surface area contributed by atoms with Crippen LogP contribution in [-0.2, 0) is 22.7 Å². The van der Waals surface area contributed by atoms with Gasteiger partial charge in [0.2, 0.25) is 11.8 Å². The second-order valence-corrected chi connectivity index (χ2v) is 6.23. The molecule has 0 aliphatic rings. The highest BCUT2D eigenvalue weighted by atomic mass is 19.4. The number of ether oxygens (including phenoxy) is 2. The molecular formula is C18H21F3N8O3. The molecule has 0 saturated heterocycles. The van der Waals surface area contributed by atoms with Crippen LogP contribution < -0.4 is 21.1 Å². The Bertz CT molecular complexity index is 934. The smallest absolute Gasteiger partial charge is 0.471 e. The van der Waals surface area contributed by atoms with E-state index < -0.39 is 12.1 Å². The van der Waals surface area contributed by atoms with Crippen LogP contribution in [0.5, 0.6) is 5.88 Å². The van der Waals surface area contributed by atoms with Crippen molar-refractivity contribution in [2.75, 3.05) is 37.4 Å². The number of hydrogen-bond donors (Lipinski definition) is 3. The normalized spacial score (nSPS) is 10.8. The summed E-state index contributed by atoms with van der Waals surface area (Å²) < 4.78 is 47.5. The van der Waals surface area contributed by atoms with Gasteiger partial charge in [-0.3, -0.25) is 4.79 Å². The minimum absolute atomic E-state index is 0.00466. The van der Waals surface area contributed by atoms with E-state index in [2.05, 4.69) is 25.3 Å². The fraction of sp³-hybridized carbons (Fsp3) is 0.389. The number of nitrogen functional groups attached to an aromatic ring is 1. The number of carbonyl (C=O) groups is 1. The Morgan fingerprint density at radius 3 is 2.59 bits per heavy atom. The van der Waals surface area contributed by atoms with Crippen LogP contribution in [0.4, 0.5) is 24.9 Å². The third kappa shape index (κ3) is 8.93. The molecular weight excluding hydrogens is 433 g/mol. The first-order valence-electron chi connectivity index (χ1n) is 9.30. The van der Waals surface area contributed by atoms with E-state index >= 15 is 0 Å². The van der Waals surface area contributed by atoms with E-state index in [0.717, 1.165) is 5.56 Å². The Morgan fingerprint density at radius 1 is 1.19 bits per heavy atom. The number of halogens is 3. The van der Waals surface area contributed by atoms with Gasteiger partial charge in [0.25, 0.3) is 0 Å². The lowest BCUT2D eigenvalue weighted by Gasteiger charge is -2.11. The summed E-state index contributed by atoms with van der Waals surface area (Å²) in [4.78, 5) is 21.5. The SMILES string of the molecule is [N-]=[N+]=NCCOCCNc1cc(OCc2ccc(CNC(=O)C(F)(F)F)cc2)nc(N)n1. The molecule has 0 atom stereocenters. The van der Waals surface area contributed by atoms with Crippen molar-refractivity contribution >= 4 is 17.7 Å². The molecule has 1 aromatic carbocycles. The van der Waals surface area contributed by atoms with Gasteiger partial charge in [-0.2, -0.15) is 23.1 Å². The fourth-order valence-corrected chi connectivity index (χ4v) is 2.30. The third-order valence-corrected chi connectivity index (χ3v) is 3.79. The van der Waals surface area contributed by atoms with Gasteiger partial charge in [-0.05, 0) is 16.7 Å². The monoisotopic (exact) mass is 454 g/mol. The van der Waals surface area contributed by atoms with Crippen LogP contribution in [0.25, 0.3) is 10.4 Å². The first-order valence-corrected chi connectivity index (χ1v) is 9.30. The molecule has 1 aromatic heterocycles. The van der Waals surface area contributed by atoms with Gasteiger partial charge in [0, 0.05) is 30.6 Å². The van der Waals surface area contributed by atoms with Crippen molar-refractivity contribution in [2.24, 2.45) is 5.11 Å². The van der Waals surface area contributed by atoms with Crippen molar-refractivity contribution in [3.63, 3.8) is 0 Å². The van der Waals surface area contributed by atoms with Crippen molar-refractivity contribution in [3.05, 3.63) is 51.9 Å². The molecule has 0 spiro atoms.